The van der Waals surface area contributed by atoms with Crippen LogP contribution in [0.1, 0.15) is 21.5 Å². The molecule has 0 saturated heterocycles. The van der Waals surface area contributed by atoms with Gasteiger partial charge in [0, 0.05) is 5.56 Å². The van der Waals surface area contributed by atoms with Crippen molar-refractivity contribution >= 4 is 11.8 Å². The van der Waals surface area contributed by atoms with Crippen LogP contribution in [0.5, 0.6) is 0 Å². The van der Waals surface area contributed by atoms with Gasteiger partial charge in [0.05, 0.1) is 19.1 Å². The first-order chi connectivity index (χ1) is 11.6. The van der Waals surface area contributed by atoms with Crippen molar-refractivity contribution in [1.29, 1.82) is 0 Å². The molecule has 0 aliphatic rings. The largest absolute Gasteiger partial charge is 0.394 e. The number of aliphatic hydroxyl groups excluding tert-OH is 1. The molecule has 0 aromatic heterocycles. The van der Waals surface area contributed by atoms with E-state index in [0.717, 1.165) is 11.1 Å². The normalized spacial score (nSPS) is 11.6. The second kappa shape index (κ2) is 8.81. The summed E-state index contributed by atoms with van der Waals surface area (Å²) in [6, 6.07) is 15.6. The third-order valence-corrected chi connectivity index (χ3v) is 3.59. The molecule has 4 N–H and O–H groups in total. The van der Waals surface area contributed by atoms with Crippen molar-refractivity contribution in [3.63, 3.8) is 0 Å². The lowest BCUT2D eigenvalue weighted by Gasteiger charge is -2.16. The van der Waals surface area contributed by atoms with Crippen LogP contribution < -0.4 is 10.8 Å². The second-order valence-electron chi connectivity index (χ2n) is 5.45. The first-order valence-corrected chi connectivity index (χ1v) is 7.60. The Hall–Kier alpha value is -2.70. The third kappa shape index (κ3) is 5.19. The van der Waals surface area contributed by atoms with Gasteiger partial charge in [-0.1, -0.05) is 42.5 Å². The highest BCUT2D eigenvalue weighted by Crippen LogP contribution is 2.07. The number of hydroxylamine groups is 1. The zero-order valence-electron chi connectivity index (χ0n) is 13.1. The third-order valence-electron chi connectivity index (χ3n) is 3.59. The molecule has 2 aromatic carbocycles. The molecule has 0 aliphatic carbocycles. The van der Waals surface area contributed by atoms with Crippen LogP contribution in [0.15, 0.2) is 54.6 Å². The summed E-state index contributed by atoms with van der Waals surface area (Å²) in [6.07, 6.45) is 0.699. The van der Waals surface area contributed by atoms with Crippen LogP contribution >= 0.6 is 0 Å². The van der Waals surface area contributed by atoms with Crippen molar-refractivity contribution < 1.29 is 19.9 Å². The van der Waals surface area contributed by atoms with Crippen LogP contribution in [0.3, 0.4) is 0 Å². The van der Waals surface area contributed by atoms with E-state index in [4.69, 9.17) is 5.21 Å². The van der Waals surface area contributed by atoms with Gasteiger partial charge in [-0.2, -0.15) is 0 Å². The summed E-state index contributed by atoms with van der Waals surface area (Å²) in [5.74, 6) is -0.807. The van der Waals surface area contributed by atoms with Gasteiger partial charge in [-0.25, -0.2) is 5.48 Å². The Morgan fingerprint density at radius 1 is 0.958 bits per heavy atom. The molecule has 1 unspecified atom stereocenters. The van der Waals surface area contributed by atoms with Gasteiger partial charge in [0.25, 0.3) is 5.91 Å². The predicted octanol–water partition coefficient (Wildman–Crippen LogP) is 1.07. The minimum Gasteiger partial charge on any atom is -0.394 e. The van der Waals surface area contributed by atoms with E-state index >= 15 is 0 Å². The number of carbonyl (C=O) groups is 2. The molecule has 0 spiro atoms. The molecule has 126 valence electrons. The molecule has 0 aliphatic heterocycles. The monoisotopic (exact) mass is 328 g/mol. The SMILES string of the molecule is O=C(Cc1ccc(C(=O)NO)cc1)NC(CO)Cc1ccccc1. The highest BCUT2D eigenvalue weighted by atomic mass is 16.5. The molecule has 2 aromatic rings. The van der Waals surface area contributed by atoms with Gasteiger partial charge in [-0.15, -0.1) is 0 Å². The van der Waals surface area contributed by atoms with Crippen LogP contribution in [0.4, 0.5) is 0 Å². The van der Waals surface area contributed by atoms with E-state index in [0.29, 0.717) is 12.0 Å². The Bertz CT molecular complexity index is 671. The Kier molecular flexibility index (Phi) is 6.48. The lowest BCUT2D eigenvalue weighted by Crippen LogP contribution is -2.39. The van der Waals surface area contributed by atoms with E-state index in [1.165, 1.54) is 12.1 Å². The highest BCUT2D eigenvalue weighted by molar-refractivity contribution is 5.93. The Morgan fingerprint density at radius 3 is 2.21 bits per heavy atom. The van der Waals surface area contributed by atoms with Crippen molar-refractivity contribution in [2.45, 2.75) is 18.9 Å². The summed E-state index contributed by atoms with van der Waals surface area (Å²) < 4.78 is 0. The maximum absolute atomic E-state index is 12.1. The summed E-state index contributed by atoms with van der Waals surface area (Å²) in [7, 11) is 0. The van der Waals surface area contributed by atoms with Crippen LogP contribution in [-0.4, -0.2) is 34.8 Å². The van der Waals surface area contributed by atoms with E-state index in [2.05, 4.69) is 5.32 Å². The topological polar surface area (TPSA) is 98.7 Å². The number of hydrogen-bond acceptors (Lipinski definition) is 4. The quantitative estimate of drug-likeness (QED) is 0.451. The molecule has 1 atom stereocenters. The molecule has 2 rings (SSSR count). The van der Waals surface area contributed by atoms with Gasteiger partial charge in [0.1, 0.15) is 0 Å². The standard InChI is InChI=1S/C18H20N2O4/c21-12-16(10-13-4-2-1-3-5-13)19-17(22)11-14-6-8-15(9-7-14)18(23)20-24/h1-9,16,21,24H,10-12H2,(H,19,22)(H,20,23). The van der Waals surface area contributed by atoms with Gasteiger partial charge in [0.2, 0.25) is 5.91 Å². The molecule has 0 saturated carbocycles. The van der Waals surface area contributed by atoms with Crippen LogP contribution in [-0.2, 0) is 17.6 Å². The first kappa shape index (κ1) is 17.7. The van der Waals surface area contributed by atoms with Gasteiger partial charge in [0.15, 0.2) is 0 Å². The van der Waals surface area contributed by atoms with Gasteiger partial charge < -0.3 is 10.4 Å². The van der Waals surface area contributed by atoms with Gasteiger partial charge >= 0.3 is 0 Å². The van der Waals surface area contributed by atoms with Crippen LogP contribution in [0.2, 0.25) is 0 Å². The molecule has 2 amide bonds. The second-order valence-corrected chi connectivity index (χ2v) is 5.45. The van der Waals surface area contributed by atoms with Crippen LogP contribution in [0.25, 0.3) is 0 Å². The van der Waals surface area contributed by atoms with Crippen LogP contribution in [0, 0.1) is 0 Å². The number of rotatable bonds is 7. The smallest absolute Gasteiger partial charge is 0.274 e. The summed E-state index contributed by atoms with van der Waals surface area (Å²) in [5, 5.41) is 20.8. The summed E-state index contributed by atoms with van der Waals surface area (Å²) >= 11 is 0. The number of aliphatic hydroxyl groups is 1. The molecule has 24 heavy (non-hydrogen) atoms. The van der Waals surface area contributed by atoms with E-state index < -0.39 is 5.91 Å². The van der Waals surface area contributed by atoms with Crippen molar-refractivity contribution in [3.8, 4) is 0 Å². The highest BCUT2D eigenvalue weighted by Gasteiger charge is 2.13. The van der Waals surface area contributed by atoms with Gasteiger partial charge in [-0.05, 0) is 29.7 Å². The Morgan fingerprint density at radius 2 is 1.62 bits per heavy atom. The number of hydrogen-bond donors (Lipinski definition) is 4. The Labute approximate surface area is 140 Å². The summed E-state index contributed by atoms with van der Waals surface area (Å²) in [4.78, 5) is 23.3. The van der Waals surface area contributed by atoms with Gasteiger partial charge in [-0.3, -0.25) is 14.8 Å². The molecule has 0 radical (unpaired) electrons. The molecule has 6 heteroatoms. The number of carbonyl (C=O) groups excluding carboxylic acids is 2. The molecule has 6 nitrogen and oxygen atoms in total. The molecular formula is C18H20N2O4. The molecule has 0 bridgehead atoms. The van der Waals surface area contributed by atoms with Crippen molar-refractivity contribution in [2.75, 3.05) is 6.61 Å². The van der Waals surface area contributed by atoms with Crippen molar-refractivity contribution in [3.05, 3.63) is 71.3 Å². The zero-order chi connectivity index (χ0) is 17.4. The summed E-state index contributed by atoms with van der Waals surface area (Å²) in [6.45, 7) is -0.143. The number of amides is 2. The fraction of sp³-hybridized carbons (Fsp3) is 0.222. The van der Waals surface area contributed by atoms with E-state index in [1.807, 2.05) is 30.3 Å². The lowest BCUT2D eigenvalue weighted by molar-refractivity contribution is -0.121. The minimum atomic E-state index is -0.603. The maximum Gasteiger partial charge on any atom is 0.274 e. The first-order valence-electron chi connectivity index (χ1n) is 7.60. The zero-order valence-corrected chi connectivity index (χ0v) is 13.1. The van der Waals surface area contributed by atoms with Crippen molar-refractivity contribution in [2.24, 2.45) is 0 Å². The Balaban J connectivity index is 1.90. The molecule has 0 heterocycles. The maximum atomic E-state index is 12.1. The molecular weight excluding hydrogens is 308 g/mol. The average molecular weight is 328 g/mol. The lowest BCUT2D eigenvalue weighted by atomic mass is 10.1. The fourth-order valence-corrected chi connectivity index (χ4v) is 2.36. The van der Waals surface area contributed by atoms with Crippen molar-refractivity contribution in [1.82, 2.24) is 10.8 Å². The van der Waals surface area contributed by atoms with E-state index in [-0.39, 0.29) is 25.0 Å². The predicted molar refractivity (Wildman–Crippen MR) is 88.6 cm³/mol. The van der Waals surface area contributed by atoms with E-state index in [9.17, 15) is 14.7 Å². The number of nitrogens with one attached hydrogen (secondary N) is 2. The van der Waals surface area contributed by atoms with E-state index in [1.54, 1.807) is 17.6 Å². The fourth-order valence-electron chi connectivity index (χ4n) is 2.36. The minimum absolute atomic E-state index is 0.143. The summed E-state index contributed by atoms with van der Waals surface area (Å²) in [5.41, 5.74) is 3.63. The molecule has 0 fully saturated rings. The number of benzene rings is 2. The average Bonchev–Trinajstić information content (AvgIpc) is 2.62.